The number of aromatic hydroxyl groups is 1. The van der Waals surface area contributed by atoms with Gasteiger partial charge in [-0.2, -0.15) is 0 Å². The zero-order valence-corrected chi connectivity index (χ0v) is 11.8. The number of rotatable bonds is 6. The van der Waals surface area contributed by atoms with Crippen molar-refractivity contribution in [3.05, 3.63) is 35.7 Å². The predicted molar refractivity (Wildman–Crippen MR) is 75.0 cm³/mol. The molecule has 1 aromatic carbocycles. The van der Waals surface area contributed by atoms with Gasteiger partial charge in [0.25, 0.3) is 0 Å². The summed E-state index contributed by atoms with van der Waals surface area (Å²) in [5.74, 6) is 0.0521. The van der Waals surface area contributed by atoms with Crippen LogP contribution in [0.5, 0.6) is 5.75 Å². The van der Waals surface area contributed by atoms with Crippen LogP contribution in [0.3, 0.4) is 0 Å². The minimum Gasteiger partial charge on any atom is -0.508 e. The number of nitrogens with zero attached hydrogens (tertiary/aromatic N) is 3. The lowest BCUT2D eigenvalue weighted by molar-refractivity contribution is -0.133. The van der Waals surface area contributed by atoms with E-state index in [1.807, 2.05) is 17.6 Å². The van der Waals surface area contributed by atoms with Crippen LogP contribution in [-0.2, 0) is 17.8 Å². The first kappa shape index (κ1) is 14.4. The molecule has 0 unspecified atom stereocenters. The third kappa shape index (κ3) is 3.51. The summed E-state index contributed by atoms with van der Waals surface area (Å²) in [6, 6.07) is 6.97. The van der Waals surface area contributed by atoms with E-state index in [0.29, 0.717) is 18.1 Å². The Bertz CT molecular complexity index is 613. The fourth-order valence-corrected chi connectivity index (χ4v) is 2.59. The van der Waals surface area contributed by atoms with E-state index in [2.05, 4.69) is 10.2 Å². The quantitative estimate of drug-likeness (QED) is 0.789. The minimum absolute atomic E-state index is 0.0374. The second kappa shape index (κ2) is 6.42. The second-order valence-corrected chi connectivity index (χ2v) is 5.11. The summed E-state index contributed by atoms with van der Waals surface area (Å²) in [4.78, 5) is 10.6. The summed E-state index contributed by atoms with van der Waals surface area (Å²) in [5, 5.41) is 26.9. The Morgan fingerprint density at radius 1 is 1.40 bits per heavy atom. The highest BCUT2D eigenvalue weighted by Crippen LogP contribution is 2.19. The molecule has 0 aliphatic heterocycles. The van der Waals surface area contributed by atoms with Gasteiger partial charge in [-0.25, -0.2) is 0 Å². The summed E-state index contributed by atoms with van der Waals surface area (Å²) >= 11 is 1.15. The standard InChI is InChI=1S/C13H15N3O3S/c1-2-16-11(7-9-4-3-5-10(17)6-9)14-15-13(16)20-8-12(18)19/h3-6,17H,2,7-8H2,1H3,(H,18,19). The van der Waals surface area contributed by atoms with Crippen molar-refractivity contribution in [3.63, 3.8) is 0 Å². The molecule has 7 heteroatoms. The van der Waals surface area contributed by atoms with Gasteiger partial charge in [-0.1, -0.05) is 23.9 Å². The number of carboxylic acid groups (broad SMARTS) is 1. The number of carboxylic acids is 1. The third-order valence-electron chi connectivity index (χ3n) is 2.71. The lowest BCUT2D eigenvalue weighted by Crippen LogP contribution is -2.06. The van der Waals surface area contributed by atoms with Gasteiger partial charge in [0.2, 0.25) is 0 Å². The van der Waals surface area contributed by atoms with E-state index < -0.39 is 5.97 Å². The van der Waals surface area contributed by atoms with Gasteiger partial charge in [0.05, 0.1) is 5.75 Å². The second-order valence-electron chi connectivity index (χ2n) is 4.17. The number of hydrogen-bond donors (Lipinski definition) is 2. The van der Waals surface area contributed by atoms with Crippen molar-refractivity contribution < 1.29 is 15.0 Å². The largest absolute Gasteiger partial charge is 0.508 e. The van der Waals surface area contributed by atoms with Crippen molar-refractivity contribution in [1.29, 1.82) is 0 Å². The van der Waals surface area contributed by atoms with Crippen LogP contribution in [0, 0.1) is 0 Å². The lowest BCUT2D eigenvalue weighted by atomic mass is 10.1. The minimum atomic E-state index is -0.879. The molecule has 106 valence electrons. The number of benzene rings is 1. The number of hydrogen-bond acceptors (Lipinski definition) is 5. The molecule has 0 bridgehead atoms. The molecule has 0 spiro atoms. The predicted octanol–water partition coefficient (Wildman–Crippen LogP) is 1.77. The van der Waals surface area contributed by atoms with Gasteiger partial charge in [0.1, 0.15) is 11.6 Å². The Labute approximate surface area is 120 Å². The van der Waals surface area contributed by atoms with E-state index in [0.717, 1.165) is 23.1 Å². The number of aliphatic carboxylic acids is 1. The molecule has 1 aromatic heterocycles. The molecule has 20 heavy (non-hydrogen) atoms. The molecule has 0 aliphatic rings. The van der Waals surface area contributed by atoms with E-state index >= 15 is 0 Å². The van der Waals surface area contributed by atoms with Crippen LogP contribution in [0.2, 0.25) is 0 Å². The molecular weight excluding hydrogens is 278 g/mol. The summed E-state index contributed by atoms with van der Waals surface area (Å²) < 4.78 is 1.89. The average molecular weight is 293 g/mol. The fourth-order valence-electron chi connectivity index (χ4n) is 1.85. The van der Waals surface area contributed by atoms with E-state index in [1.54, 1.807) is 18.2 Å². The van der Waals surface area contributed by atoms with Crippen molar-refractivity contribution in [2.45, 2.75) is 25.0 Å². The Balaban J connectivity index is 2.17. The summed E-state index contributed by atoms with van der Waals surface area (Å²) in [7, 11) is 0. The van der Waals surface area contributed by atoms with Crippen LogP contribution in [0.1, 0.15) is 18.3 Å². The molecule has 6 nitrogen and oxygen atoms in total. The Morgan fingerprint density at radius 3 is 2.85 bits per heavy atom. The highest BCUT2D eigenvalue weighted by molar-refractivity contribution is 7.99. The van der Waals surface area contributed by atoms with Crippen LogP contribution in [0.25, 0.3) is 0 Å². The number of thioether (sulfide) groups is 1. The molecule has 0 aliphatic carbocycles. The van der Waals surface area contributed by atoms with Crippen molar-refractivity contribution in [2.75, 3.05) is 5.75 Å². The first-order valence-corrected chi connectivity index (χ1v) is 7.13. The van der Waals surface area contributed by atoms with Gasteiger partial charge >= 0.3 is 5.97 Å². The van der Waals surface area contributed by atoms with Crippen molar-refractivity contribution >= 4 is 17.7 Å². The van der Waals surface area contributed by atoms with E-state index in [1.165, 1.54) is 0 Å². The molecule has 0 fully saturated rings. The normalized spacial score (nSPS) is 10.7. The first-order chi connectivity index (χ1) is 9.60. The zero-order valence-electron chi connectivity index (χ0n) is 11.0. The number of aromatic nitrogens is 3. The summed E-state index contributed by atoms with van der Waals surface area (Å²) in [5.41, 5.74) is 0.932. The molecule has 2 N–H and O–H groups in total. The maximum absolute atomic E-state index is 10.6. The molecular formula is C13H15N3O3S. The molecule has 2 rings (SSSR count). The lowest BCUT2D eigenvalue weighted by Gasteiger charge is -2.06. The van der Waals surface area contributed by atoms with Crippen LogP contribution in [0.15, 0.2) is 29.4 Å². The zero-order chi connectivity index (χ0) is 14.5. The average Bonchev–Trinajstić information content (AvgIpc) is 2.78. The highest BCUT2D eigenvalue weighted by atomic mass is 32.2. The molecule has 1 heterocycles. The molecule has 0 saturated heterocycles. The monoisotopic (exact) mass is 293 g/mol. The molecule has 0 saturated carbocycles. The van der Waals surface area contributed by atoms with E-state index in [-0.39, 0.29) is 11.5 Å². The third-order valence-corrected chi connectivity index (χ3v) is 3.66. The van der Waals surface area contributed by atoms with Gasteiger partial charge in [-0.3, -0.25) is 4.79 Å². The van der Waals surface area contributed by atoms with Crippen LogP contribution >= 0.6 is 11.8 Å². The maximum Gasteiger partial charge on any atom is 0.313 e. The fraction of sp³-hybridized carbons (Fsp3) is 0.308. The van der Waals surface area contributed by atoms with Crippen molar-refractivity contribution in [2.24, 2.45) is 0 Å². The van der Waals surface area contributed by atoms with Gasteiger partial charge in [-0.05, 0) is 24.6 Å². The molecule has 0 amide bonds. The molecule has 0 radical (unpaired) electrons. The van der Waals surface area contributed by atoms with Gasteiger partial charge in [0, 0.05) is 13.0 Å². The number of phenols is 1. The first-order valence-electron chi connectivity index (χ1n) is 6.14. The Morgan fingerprint density at radius 2 is 2.20 bits per heavy atom. The van der Waals surface area contributed by atoms with Crippen LogP contribution in [-0.4, -0.2) is 36.7 Å². The SMILES string of the molecule is CCn1c(Cc2cccc(O)c2)nnc1SCC(=O)O. The molecule has 2 aromatic rings. The maximum atomic E-state index is 10.6. The summed E-state index contributed by atoms with van der Waals surface area (Å²) in [6.07, 6.45) is 0.545. The molecule has 0 atom stereocenters. The summed E-state index contributed by atoms with van der Waals surface area (Å²) in [6.45, 7) is 2.63. The number of phenolic OH excluding ortho intramolecular Hbond substituents is 1. The van der Waals surface area contributed by atoms with E-state index in [4.69, 9.17) is 5.11 Å². The van der Waals surface area contributed by atoms with Gasteiger partial charge < -0.3 is 14.8 Å². The van der Waals surface area contributed by atoms with E-state index in [9.17, 15) is 9.90 Å². The van der Waals surface area contributed by atoms with Crippen molar-refractivity contribution in [1.82, 2.24) is 14.8 Å². The topological polar surface area (TPSA) is 88.2 Å². The van der Waals surface area contributed by atoms with Gasteiger partial charge in [0.15, 0.2) is 5.16 Å². The highest BCUT2D eigenvalue weighted by Gasteiger charge is 2.13. The smallest absolute Gasteiger partial charge is 0.313 e. The Hall–Kier alpha value is -2.02. The number of carbonyl (C=O) groups is 1. The van der Waals surface area contributed by atoms with Crippen LogP contribution in [0.4, 0.5) is 0 Å². The van der Waals surface area contributed by atoms with Gasteiger partial charge in [-0.15, -0.1) is 10.2 Å². The van der Waals surface area contributed by atoms with Crippen molar-refractivity contribution in [3.8, 4) is 5.75 Å². The Kier molecular flexibility index (Phi) is 4.62. The van der Waals surface area contributed by atoms with Crippen LogP contribution < -0.4 is 0 Å².